The summed E-state index contributed by atoms with van der Waals surface area (Å²) in [7, 11) is 3.16. The Morgan fingerprint density at radius 1 is 1.26 bits per heavy atom. The molecule has 0 aliphatic heterocycles. The Balaban J connectivity index is 2.19. The zero-order valence-electron chi connectivity index (χ0n) is 20.9. The highest BCUT2D eigenvalue weighted by atomic mass is 19.1. The Hall–Kier alpha value is -3.66. The van der Waals surface area contributed by atoms with Gasteiger partial charge >= 0.3 is 0 Å². The number of hydrogen-bond donors (Lipinski definition) is 1. The maximum absolute atomic E-state index is 15.1. The molecule has 0 spiro atoms. The van der Waals surface area contributed by atoms with Gasteiger partial charge in [-0.2, -0.15) is 5.10 Å². The maximum Gasteiger partial charge on any atom is 0.186 e. The van der Waals surface area contributed by atoms with Crippen molar-refractivity contribution in [3.8, 4) is 11.3 Å². The lowest BCUT2D eigenvalue weighted by molar-refractivity contribution is 0.281. The number of aromatic nitrogens is 5. The fourth-order valence-electron chi connectivity index (χ4n) is 3.38. The van der Waals surface area contributed by atoms with Crippen LogP contribution in [0.5, 0.6) is 0 Å². The monoisotopic (exact) mass is 483 g/mol. The van der Waals surface area contributed by atoms with E-state index in [1.165, 1.54) is 27.0 Å². The summed E-state index contributed by atoms with van der Waals surface area (Å²) in [6, 6.07) is 3.87. The first-order valence-electron chi connectivity index (χ1n) is 11.3. The number of methoxy groups -OCH3 is 1. The largest absolute Gasteiger partial charge is 0.494 e. The summed E-state index contributed by atoms with van der Waals surface area (Å²) in [6.07, 6.45) is 6.96. The Labute approximate surface area is 203 Å². The number of halogens is 2. The van der Waals surface area contributed by atoms with E-state index in [-0.39, 0.29) is 17.0 Å². The Morgan fingerprint density at radius 3 is 2.66 bits per heavy atom. The van der Waals surface area contributed by atoms with Gasteiger partial charge in [-0.15, -0.1) is 0 Å². The SMILES string of the molecule is COC(=C/C(C)=C/F)/C(F)=C(\C)N=c1ccc2ncc(-c3cnn(C)c3)nc2n1CCNC(C)C. The fourth-order valence-corrected chi connectivity index (χ4v) is 3.38. The normalized spacial score (nSPS) is 14.1. The van der Waals surface area contributed by atoms with Crippen LogP contribution in [-0.2, 0) is 18.3 Å². The average Bonchev–Trinajstić information content (AvgIpc) is 3.28. The number of ether oxygens (including phenoxy) is 1. The molecule has 0 radical (unpaired) electrons. The maximum atomic E-state index is 15.1. The summed E-state index contributed by atoms with van der Waals surface area (Å²) >= 11 is 0. The van der Waals surface area contributed by atoms with Gasteiger partial charge in [-0.05, 0) is 37.6 Å². The van der Waals surface area contributed by atoms with Crippen molar-refractivity contribution in [2.45, 2.75) is 40.3 Å². The molecule has 3 heterocycles. The van der Waals surface area contributed by atoms with Gasteiger partial charge in [-0.25, -0.2) is 18.8 Å². The second kappa shape index (κ2) is 11.7. The lowest BCUT2D eigenvalue weighted by atomic mass is 10.2. The van der Waals surface area contributed by atoms with Crippen LogP contribution < -0.4 is 10.8 Å². The van der Waals surface area contributed by atoms with Crippen LogP contribution in [0.2, 0.25) is 0 Å². The molecule has 0 fully saturated rings. The minimum absolute atomic E-state index is 0.0889. The molecule has 0 unspecified atom stereocenters. The summed E-state index contributed by atoms with van der Waals surface area (Å²) < 4.78 is 36.6. The third-order valence-electron chi connectivity index (χ3n) is 5.16. The average molecular weight is 484 g/mol. The Kier molecular flexibility index (Phi) is 8.64. The third kappa shape index (κ3) is 6.48. The molecular formula is C25H31F2N7O. The van der Waals surface area contributed by atoms with Crippen LogP contribution in [0.1, 0.15) is 27.7 Å². The van der Waals surface area contributed by atoms with Crippen LogP contribution in [0, 0.1) is 0 Å². The molecule has 0 bridgehead atoms. The molecule has 0 saturated heterocycles. The quantitative estimate of drug-likeness (QED) is 0.362. The Bertz CT molecular complexity index is 1350. The molecular weight excluding hydrogens is 452 g/mol. The van der Waals surface area contributed by atoms with E-state index in [4.69, 9.17) is 9.72 Å². The van der Waals surface area contributed by atoms with Crippen molar-refractivity contribution in [1.82, 2.24) is 29.6 Å². The van der Waals surface area contributed by atoms with E-state index in [9.17, 15) is 4.39 Å². The second-order valence-corrected chi connectivity index (χ2v) is 8.40. The van der Waals surface area contributed by atoms with Gasteiger partial charge < -0.3 is 14.6 Å². The molecule has 35 heavy (non-hydrogen) atoms. The summed E-state index contributed by atoms with van der Waals surface area (Å²) in [4.78, 5) is 13.9. The van der Waals surface area contributed by atoms with E-state index >= 15 is 4.39 Å². The lowest BCUT2D eigenvalue weighted by Crippen LogP contribution is -2.31. The van der Waals surface area contributed by atoms with Crippen LogP contribution in [0.25, 0.3) is 22.4 Å². The van der Waals surface area contributed by atoms with E-state index in [1.54, 1.807) is 29.2 Å². The minimum Gasteiger partial charge on any atom is -0.494 e. The number of allylic oxidation sites excluding steroid dienone is 4. The number of aryl methyl sites for hydroxylation is 1. The smallest absolute Gasteiger partial charge is 0.186 e. The van der Waals surface area contributed by atoms with Gasteiger partial charge in [0.1, 0.15) is 11.0 Å². The van der Waals surface area contributed by atoms with E-state index in [0.29, 0.717) is 47.8 Å². The van der Waals surface area contributed by atoms with Crippen molar-refractivity contribution in [3.05, 3.63) is 71.5 Å². The van der Waals surface area contributed by atoms with Crippen LogP contribution in [-0.4, -0.2) is 44.0 Å². The lowest BCUT2D eigenvalue weighted by Gasteiger charge is -2.14. The van der Waals surface area contributed by atoms with Gasteiger partial charge in [0.05, 0.1) is 37.2 Å². The van der Waals surface area contributed by atoms with Crippen LogP contribution >= 0.6 is 0 Å². The van der Waals surface area contributed by atoms with Crippen molar-refractivity contribution in [2.24, 2.45) is 12.0 Å². The van der Waals surface area contributed by atoms with Crippen LogP contribution in [0.15, 0.2) is 71.0 Å². The number of hydrogen-bond acceptors (Lipinski definition) is 6. The predicted octanol–water partition coefficient (Wildman–Crippen LogP) is 4.34. The number of pyridine rings is 1. The Morgan fingerprint density at radius 2 is 2.03 bits per heavy atom. The second-order valence-electron chi connectivity index (χ2n) is 8.40. The van der Waals surface area contributed by atoms with E-state index in [0.717, 1.165) is 5.56 Å². The topological polar surface area (TPSA) is 82.2 Å². The van der Waals surface area contributed by atoms with Gasteiger partial charge in [0, 0.05) is 37.9 Å². The summed E-state index contributed by atoms with van der Waals surface area (Å²) in [5.74, 6) is -0.791. The molecule has 0 aliphatic carbocycles. The van der Waals surface area contributed by atoms with E-state index < -0.39 is 5.83 Å². The van der Waals surface area contributed by atoms with Crippen molar-refractivity contribution in [2.75, 3.05) is 13.7 Å². The van der Waals surface area contributed by atoms with Gasteiger partial charge in [0.25, 0.3) is 0 Å². The highest BCUT2D eigenvalue weighted by Gasteiger charge is 2.12. The molecule has 3 aromatic heterocycles. The number of rotatable bonds is 9. The van der Waals surface area contributed by atoms with E-state index in [1.807, 2.05) is 17.8 Å². The third-order valence-corrected chi connectivity index (χ3v) is 5.16. The molecule has 0 aromatic carbocycles. The molecule has 3 rings (SSSR count). The fraction of sp³-hybridized carbons (Fsp3) is 0.360. The summed E-state index contributed by atoms with van der Waals surface area (Å²) in [6.45, 7) is 8.36. The summed E-state index contributed by atoms with van der Waals surface area (Å²) in [5, 5.41) is 7.60. The highest BCUT2D eigenvalue weighted by Crippen LogP contribution is 2.20. The molecule has 186 valence electrons. The van der Waals surface area contributed by atoms with Gasteiger partial charge in [-0.3, -0.25) is 9.67 Å². The molecule has 10 heteroatoms. The highest BCUT2D eigenvalue weighted by molar-refractivity contribution is 5.73. The first kappa shape index (κ1) is 26.0. The first-order valence-corrected chi connectivity index (χ1v) is 11.3. The standard InChI is InChI=1S/C25H31F2N7O/c1-16(2)28-9-10-34-23(31-18(4)24(27)22(35-6)11-17(3)12-26)8-7-20-25(34)32-21(14-29-20)19-13-30-33(5)15-19/h7-8,11-16,28H,9-10H2,1-6H3/b17-12+,22-11+,24-18-,31-23?. The van der Waals surface area contributed by atoms with Crippen molar-refractivity contribution < 1.29 is 13.5 Å². The summed E-state index contributed by atoms with van der Waals surface area (Å²) in [5.41, 5.74) is 3.62. The van der Waals surface area contributed by atoms with Crippen LogP contribution in [0.3, 0.4) is 0 Å². The number of nitrogens with one attached hydrogen (secondary N) is 1. The van der Waals surface area contributed by atoms with Crippen molar-refractivity contribution in [1.29, 1.82) is 0 Å². The molecule has 0 saturated carbocycles. The zero-order valence-corrected chi connectivity index (χ0v) is 20.9. The molecule has 0 aliphatic rings. The first-order chi connectivity index (χ1) is 16.7. The van der Waals surface area contributed by atoms with Gasteiger partial charge in [0.15, 0.2) is 17.2 Å². The number of nitrogens with zero attached hydrogens (tertiary/aromatic N) is 6. The van der Waals surface area contributed by atoms with Crippen molar-refractivity contribution in [3.63, 3.8) is 0 Å². The molecule has 8 nitrogen and oxygen atoms in total. The van der Waals surface area contributed by atoms with Crippen LogP contribution in [0.4, 0.5) is 8.78 Å². The number of fused-ring (bicyclic) bond motifs is 1. The zero-order chi connectivity index (χ0) is 25.5. The van der Waals surface area contributed by atoms with Gasteiger partial charge in [0.2, 0.25) is 0 Å². The minimum atomic E-state index is -0.684. The van der Waals surface area contributed by atoms with E-state index in [2.05, 4.69) is 34.2 Å². The van der Waals surface area contributed by atoms with Gasteiger partial charge in [-0.1, -0.05) is 13.8 Å². The molecule has 0 atom stereocenters. The predicted molar refractivity (Wildman–Crippen MR) is 132 cm³/mol. The van der Waals surface area contributed by atoms with Crippen molar-refractivity contribution >= 4 is 11.2 Å². The molecule has 1 N–H and O–H groups in total. The molecule has 0 amide bonds. The molecule has 3 aromatic rings.